The van der Waals surface area contributed by atoms with Crippen LogP contribution in [-0.2, 0) is 5.41 Å². The Bertz CT molecular complexity index is 517. The molecule has 86 valence electrons. The predicted octanol–water partition coefficient (Wildman–Crippen LogP) is 3.78. The molecule has 1 N–H and O–H groups in total. The van der Waals surface area contributed by atoms with Gasteiger partial charge in [-0.25, -0.2) is 0 Å². The first-order valence-corrected chi connectivity index (χ1v) is 5.59. The van der Waals surface area contributed by atoms with Gasteiger partial charge < -0.3 is 9.72 Å². The number of ether oxygens (including phenoxy) is 1. The summed E-state index contributed by atoms with van der Waals surface area (Å²) in [6.45, 7) is 8.70. The van der Waals surface area contributed by atoms with Gasteiger partial charge in [-0.05, 0) is 24.6 Å². The molecule has 0 saturated carbocycles. The van der Waals surface area contributed by atoms with Crippen molar-refractivity contribution in [2.24, 2.45) is 0 Å². The van der Waals surface area contributed by atoms with E-state index in [0.29, 0.717) is 0 Å². The number of aromatic amines is 1. The minimum absolute atomic E-state index is 0.153. The van der Waals surface area contributed by atoms with Crippen molar-refractivity contribution in [2.45, 2.75) is 33.1 Å². The molecule has 0 saturated heterocycles. The Kier molecular flexibility index (Phi) is 2.45. The van der Waals surface area contributed by atoms with Crippen LogP contribution in [0.5, 0.6) is 5.75 Å². The number of methoxy groups -OCH3 is 1. The summed E-state index contributed by atoms with van der Waals surface area (Å²) in [7, 11) is 1.71. The summed E-state index contributed by atoms with van der Waals surface area (Å²) in [5.41, 5.74) is 3.73. The first-order chi connectivity index (χ1) is 7.41. The van der Waals surface area contributed by atoms with Crippen LogP contribution in [0.2, 0.25) is 0 Å². The summed E-state index contributed by atoms with van der Waals surface area (Å²) in [4.78, 5) is 3.46. The van der Waals surface area contributed by atoms with Crippen LogP contribution >= 0.6 is 0 Å². The molecule has 1 aromatic carbocycles. The van der Waals surface area contributed by atoms with E-state index in [0.717, 1.165) is 11.3 Å². The Balaban J connectivity index is 2.63. The van der Waals surface area contributed by atoms with Gasteiger partial charge in [0.2, 0.25) is 0 Å². The summed E-state index contributed by atoms with van der Waals surface area (Å²) < 4.78 is 5.33. The number of aryl methyl sites for hydroxylation is 1. The largest absolute Gasteiger partial charge is 0.496 e. The molecule has 0 atom stereocenters. The van der Waals surface area contributed by atoms with E-state index < -0.39 is 0 Å². The molecule has 2 heteroatoms. The molecule has 0 bridgehead atoms. The van der Waals surface area contributed by atoms with Crippen LogP contribution in [0, 0.1) is 6.92 Å². The number of hydrogen-bond donors (Lipinski definition) is 1. The zero-order valence-corrected chi connectivity index (χ0v) is 10.6. The fraction of sp³-hybridized carbons (Fsp3) is 0.429. The standard InChI is InChI=1S/C14H19NO/c1-9-6-10-7-13(14(2,3)4)15-11(10)8-12(9)16-5/h6-8,15H,1-5H3. The monoisotopic (exact) mass is 217 g/mol. The van der Waals surface area contributed by atoms with Crippen LogP contribution in [0.15, 0.2) is 18.2 Å². The van der Waals surface area contributed by atoms with Crippen molar-refractivity contribution in [2.75, 3.05) is 7.11 Å². The minimum atomic E-state index is 0.153. The topological polar surface area (TPSA) is 25.0 Å². The first kappa shape index (κ1) is 11.1. The van der Waals surface area contributed by atoms with E-state index in [9.17, 15) is 0 Å². The highest BCUT2D eigenvalue weighted by Gasteiger charge is 2.16. The lowest BCUT2D eigenvalue weighted by molar-refractivity contribution is 0.412. The average molecular weight is 217 g/mol. The second-order valence-corrected chi connectivity index (χ2v) is 5.34. The summed E-state index contributed by atoms with van der Waals surface area (Å²) in [5.74, 6) is 0.940. The van der Waals surface area contributed by atoms with E-state index in [1.807, 2.05) is 0 Å². The highest BCUT2D eigenvalue weighted by Crippen LogP contribution is 2.29. The Hall–Kier alpha value is -1.44. The fourth-order valence-electron chi connectivity index (χ4n) is 1.90. The van der Waals surface area contributed by atoms with Crippen LogP contribution in [0.3, 0.4) is 0 Å². The Morgan fingerprint density at radius 1 is 1.12 bits per heavy atom. The van der Waals surface area contributed by atoms with Gasteiger partial charge in [-0.1, -0.05) is 20.8 Å². The third-order valence-electron chi connectivity index (χ3n) is 2.94. The molecular formula is C14H19NO. The van der Waals surface area contributed by atoms with Gasteiger partial charge in [0.05, 0.1) is 7.11 Å². The summed E-state index contributed by atoms with van der Waals surface area (Å²) >= 11 is 0. The van der Waals surface area contributed by atoms with Gasteiger partial charge in [-0.2, -0.15) is 0 Å². The molecule has 0 unspecified atom stereocenters. The van der Waals surface area contributed by atoms with Gasteiger partial charge in [0.15, 0.2) is 0 Å². The number of rotatable bonds is 1. The molecule has 1 aromatic heterocycles. The molecule has 0 radical (unpaired) electrons. The van der Waals surface area contributed by atoms with Crippen molar-refractivity contribution in [3.8, 4) is 5.75 Å². The third kappa shape index (κ3) is 1.80. The van der Waals surface area contributed by atoms with E-state index in [-0.39, 0.29) is 5.41 Å². The SMILES string of the molecule is COc1cc2[nH]c(C(C)(C)C)cc2cc1C. The average Bonchev–Trinajstić information content (AvgIpc) is 2.58. The van der Waals surface area contributed by atoms with Gasteiger partial charge in [0, 0.05) is 28.1 Å². The van der Waals surface area contributed by atoms with Crippen LogP contribution in [0.1, 0.15) is 32.0 Å². The van der Waals surface area contributed by atoms with Crippen molar-refractivity contribution in [1.82, 2.24) is 4.98 Å². The highest BCUT2D eigenvalue weighted by atomic mass is 16.5. The third-order valence-corrected chi connectivity index (χ3v) is 2.94. The Labute approximate surface area is 96.6 Å². The highest BCUT2D eigenvalue weighted by molar-refractivity contribution is 5.83. The number of aromatic nitrogens is 1. The molecular weight excluding hydrogens is 198 g/mol. The van der Waals surface area contributed by atoms with Gasteiger partial charge in [-0.15, -0.1) is 0 Å². The molecule has 0 fully saturated rings. The first-order valence-electron chi connectivity index (χ1n) is 5.59. The summed E-state index contributed by atoms with van der Waals surface area (Å²) in [5, 5.41) is 1.25. The minimum Gasteiger partial charge on any atom is -0.496 e. The van der Waals surface area contributed by atoms with E-state index in [1.165, 1.54) is 16.6 Å². The molecule has 2 nitrogen and oxygen atoms in total. The van der Waals surface area contributed by atoms with Gasteiger partial charge >= 0.3 is 0 Å². The molecule has 0 aliphatic heterocycles. The fourth-order valence-corrected chi connectivity index (χ4v) is 1.90. The lowest BCUT2D eigenvalue weighted by Crippen LogP contribution is -2.10. The normalized spacial score (nSPS) is 12.1. The van der Waals surface area contributed by atoms with Crippen LogP contribution in [0.25, 0.3) is 10.9 Å². The maximum absolute atomic E-state index is 5.33. The second kappa shape index (κ2) is 3.55. The van der Waals surface area contributed by atoms with E-state index in [4.69, 9.17) is 4.74 Å². The van der Waals surface area contributed by atoms with Gasteiger partial charge in [0.1, 0.15) is 5.75 Å². The van der Waals surface area contributed by atoms with Crippen molar-refractivity contribution in [3.63, 3.8) is 0 Å². The summed E-state index contributed by atoms with van der Waals surface area (Å²) in [6.07, 6.45) is 0. The Morgan fingerprint density at radius 2 is 1.81 bits per heavy atom. The maximum atomic E-state index is 5.33. The van der Waals surface area contributed by atoms with Crippen molar-refractivity contribution in [1.29, 1.82) is 0 Å². The lowest BCUT2D eigenvalue weighted by atomic mass is 9.92. The molecule has 1 heterocycles. The number of fused-ring (bicyclic) bond motifs is 1. The van der Waals surface area contributed by atoms with E-state index >= 15 is 0 Å². The Morgan fingerprint density at radius 3 is 2.38 bits per heavy atom. The number of nitrogens with one attached hydrogen (secondary N) is 1. The summed E-state index contributed by atoms with van der Waals surface area (Å²) in [6, 6.07) is 6.46. The van der Waals surface area contributed by atoms with E-state index in [1.54, 1.807) is 7.11 Å². The molecule has 2 rings (SSSR count). The number of benzene rings is 1. The molecule has 0 amide bonds. The second-order valence-electron chi connectivity index (χ2n) is 5.34. The van der Waals surface area contributed by atoms with Crippen LogP contribution in [0.4, 0.5) is 0 Å². The maximum Gasteiger partial charge on any atom is 0.123 e. The van der Waals surface area contributed by atoms with Crippen LogP contribution in [-0.4, -0.2) is 12.1 Å². The molecule has 2 aromatic rings. The number of hydrogen-bond acceptors (Lipinski definition) is 1. The smallest absolute Gasteiger partial charge is 0.123 e. The lowest BCUT2D eigenvalue weighted by Gasteiger charge is -2.15. The molecule has 0 aliphatic carbocycles. The molecule has 0 spiro atoms. The molecule has 16 heavy (non-hydrogen) atoms. The van der Waals surface area contributed by atoms with Gasteiger partial charge in [-0.3, -0.25) is 0 Å². The number of H-pyrrole nitrogens is 1. The zero-order chi connectivity index (χ0) is 11.9. The van der Waals surface area contributed by atoms with Crippen molar-refractivity contribution in [3.05, 3.63) is 29.5 Å². The molecule has 0 aliphatic rings. The van der Waals surface area contributed by atoms with E-state index in [2.05, 4.69) is 50.9 Å². The van der Waals surface area contributed by atoms with Gasteiger partial charge in [0.25, 0.3) is 0 Å². The zero-order valence-electron chi connectivity index (χ0n) is 10.6. The van der Waals surface area contributed by atoms with Crippen LogP contribution < -0.4 is 4.74 Å². The van der Waals surface area contributed by atoms with Crippen molar-refractivity contribution >= 4 is 10.9 Å². The predicted molar refractivity (Wildman–Crippen MR) is 68.3 cm³/mol. The van der Waals surface area contributed by atoms with Crippen molar-refractivity contribution < 1.29 is 4.74 Å². The quantitative estimate of drug-likeness (QED) is 0.772.